The third-order valence-electron chi connectivity index (χ3n) is 4.67. The average Bonchev–Trinajstić information content (AvgIpc) is 3.27. The second-order valence-electron chi connectivity index (χ2n) is 6.87. The van der Waals surface area contributed by atoms with Gasteiger partial charge in [-0.15, -0.1) is 0 Å². The summed E-state index contributed by atoms with van der Waals surface area (Å²) in [6.45, 7) is 2.61. The number of benzene rings is 2. The first-order valence-corrected chi connectivity index (χ1v) is 9.87. The highest BCUT2D eigenvalue weighted by Gasteiger charge is 2.31. The summed E-state index contributed by atoms with van der Waals surface area (Å²) in [6, 6.07) is 22.0. The van der Waals surface area contributed by atoms with E-state index in [2.05, 4.69) is 5.32 Å². The molecule has 1 aromatic heterocycles. The average molecular weight is 390 g/mol. The van der Waals surface area contributed by atoms with Crippen LogP contribution in [-0.4, -0.2) is 16.7 Å². The van der Waals surface area contributed by atoms with Crippen molar-refractivity contribution in [3.63, 3.8) is 0 Å². The Hall–Kier alpha value is -3.34. The molecule has 0 bridgehead atoms. The molecule has 1 heterocycles. The van der Waals surface area contributed by atoms with Crippen molar-refractivity contribution in [1.82, 2.24) is 10.2 Å². The zero-order valence-electron chi connectivity index (χ0n) is 16.6. The summed E-state index contributed by atoms with van der Waals surface area (Å²) in [4.78, 5) is 27.9. The molecule has 2 aromatic carbocycles. The van der Waals surface area contributed by atoms with Crippen molar-refractivity contribution in [3.05, 3.63) is 95.9 Å². The second-order valence-corrected chi connectivity index (χ2v) is 6.87. The van der Waals surface area contributed by atoms with E-state index in [4.69, 9.17) is 4.42 Å². The molecule has 3 aromatic rings. The van der Waals surface area contributed by atoms with Crippen LogP contribution in [0.1, 0.15) is 42.7 Å². The van der Waals surface area contributed by atoms with Crippen molar-refractivity contribution >= 4 is 11.8 Å². The Bertz CT molecular complexity index is 892. The molecule has 0 aliphatic rings. The van der Waals surface area contributed by atoms with Crippen LogP contribution in [0, 0.1) is 0 Å². The number of hydrogen-bond donors (Lipinski definition) is 1. The lowest BCUT2D eigenvalue weighted by Crippen LogP contribution is -2.43. The molecular weight excluding hydrogens is 364 g/mol. The van der Waals surface area contributed by atoms with E-state index in [0.717, 1.165) is 17.5 Å². The zero-order chi connectivity index (χ0) is 20.5. The van der Waals surface area contributed by atoms with Gasteiger partial charge in [-0.25, -0.2) is 0 Å². The van der Waals surface area contributed by atoms with Gasteiger partial charge >= 0.3 is 0 Å². The van der Waals surface area contributed by atoms with Gasteiger partial charge in [-0.1, -0.05) is 67.6 Å². The van der Waals surface area contributed by atoms with Gasteiger partial charge in [0, 0.05) is 13.0 Å². The number of carbonyl (C=O) groups excluding carboxylic acids is 2. The molecule has 1 N–H and O–H groups in total. The first kappa shape index (κ1) is 20.4. The van der Waals surface area contributed by atoms with Crippen LogP contribution >= 0.6 is 0 Å². The standard InChI is InChI=1S/C24H26N2O3/c1-2-10-22(27)26(18-19-11-5-3-6-12-19)23(20-13-7-4-8-14-20)24(28)25-17-21-15-9-16-29-21/h3-9,11-16,23H,2,10,17-18H2,1H3,(H,25,28)/t23-/m0/s1. The van der Waals surface area contributed by atoms with Gasteiger partial charge in [0.05, 0.1) is 12.8 Å². The molecule has 150 valence electrons. The van der Waals surface area contributed by atoms with Crippen molar-refractivity contribution in [2.45, 2.75) is 38.9 Å². The van der Waals surface area contributed by atoms with Gasteiger partial charge in [0.15, 0.2) is 0 Å². The fourth-order valence-corrected chi connectivity index (χ4v) is 3.25. The molecule has 2 amide bonds. The van der Waals surface area contributed by atoms with E-state index in [-0.39, 0.29) is 18.4 Å². The van der Waals surface area contributed by atoms with Crippen LogP contribution in [0.15, 0.2) is 83.5 Å². The number of amides is 2. The Morgan fingerprint density at radius 3 is 2.28 bits per heavy atom. The molecule has 0 spiro atoms. The van der Waals surface area contributed by atoms with E-state index >= 15 is 0 Å². The summed E-state index contributed by atoms with van der Waals surface area (Å²) in [6.07, 6.45) is 2.68. The van der Waals surface area contributed by atoms with Crippen molar-refractivity contribution in [2.24, 2.45) is 0 Å². The Kier molecular flexibility index (Phi) is 7.22. The molecule has 0 aliphatic heterocycles. The van der Waals surface area contributed by atoms with Crippen LogP contribution < -0.4 is 5.32 Å². The highest BCUT2D eigenvalue weighted by Crippen LogP contribution is 2.25. The summed E-state index contributed by atoms with van der Waals surface area (Å²) in [5.74, 6) is 0.394. The van der Waals surface area contributed by atoms with Crippen LogP contribution in [0.2, 0.25) is 0 Å². The lowest BCUT2D eigenvalue weighted by molar-refractivity contribution is -0.141. The Labute approximate surface area is 171 Å². The number of nitrogens with one attached hydrogen (secondary N) is 1. The minimum atomic E-state index is -0.717. The molecular formula is C24H26N2O3. The Morgan fingerprint density at radius 1 is 0.966 bits per heavy atom. The van der Waals surface area contributed by atoms with Gasteiger partial charge in [0.25, 0.3) is 0 Å². The maximum absolute atomic E-state index is 13.2. The predicted octanol–water partition coefficient (Wildman–Crippen LogP) is 4.47. The summed E-state index contributed by atoms with van der Waals surface area (Å²) < 4.78 is 5.32. The lowest BCUT2D eigenvalue weighted by atomic mass is 10.0. The van der Waals surface area contributed by atoms with E-state index in [1.165, 1.54) is 0 Å². The molecule has 0 unspecified atom stereocenters. The largest absolute Gasteiger partial charge is 0.467 e. The molecule has 3 rings (SSSR count). The monoisotopic (exact) mass is 390 g/mol. The third kappa shape index (κ3) is 5.57. The van der Waals surface area contributed by atoms with Gasteiger partial charge in [-0.05, 0) is 29.7 Å². The Morgan fingerprint density at radius 2 is 1.66 bits per heavy atom. The van der Waals surface area contributed by atoms with Crippen LogP contribution in [-0.2, 0) is 22.7 Å². The van der Waals surface area contributed by atoms with Crippen LogP contribution in [0.3, 0.4) is 0 Å². The van der Waals surface area contributed by atoms with E-state index in [9.17, 15) is 9.59 Å². The molecule has 5 heteroatoms. The number of carbonyl (C=O) groups is 2. The first-order chi connectivity index (χ1) is 14.2. The van der Waals surface area contributed by atoms with E-state index in [0.29, 0.717) is 18.7 Å². The highest BCUT2D eigenvalue weighted by molar-refractivity contribution is 5.88. The molecule has 0 saturated heterocycles. The molecule has 29 heavy (non-hydrogen) atoms. The van der Waals surface area contributed by atoms with Crippen LogP contribution in [0.4, 0.5) is 0 Å². The molecule has 0 fully saturated rings. The molecule has 5 nitrogen and oxygen atoms in total. The minimum absolute atomic E-state index is 0.0432. The van der Waals surface area contributed by atoms with Gasteiger partial charge in [0.2, 0.25) is 11.8 Å². The fraction of sp³-hybridized carbons (Fsp3) is 0.250. The maximum Gasteiger partial charge on any atom is 0.247 e. The first-order valence-electron chi connectivity index (χ1n) is 9.87. The predicted molar refractivity (Wildman–Crippen MR) is 112 cm³/mol. The van der Waals surface area contributed by atoms with Crippen molar-refractivity contribution in [3.8, 4) is 0 Å². The number of nitrogens with zero attached hydrogens (tertiary/aromatic N) is 1. The quantitative estimate of drug-likeness (QED) is 0.586. The normalized spacial score (nSPS) is 11.6. The summed E-state index contributed by atoms with van der Waals surface area (Å²) in [7, 11) is 0. The molecule has 0 radical (unpaired) electrons. The van der Waals surface area contributed by atoms with E-state index in [1.54, 1.807) is 17.2 Å². The molecule has 1 atom stereocenters. The lowest BCUT2D eigenvalue weighted by Gasteiger charge is -2.31. The maximum atomic E-state index is 13.2. The Balaban J connectivity index is 1.90. The van der Waals surface area contributed by atoms with Gasteiger partial charge < -0.3 is 14.6 Å². The summed E-state index contributed by atoms with van der Waals surface area (Å²) in [5, 5.41) is 2.92. The number of hydrogen-bond acceptors (Lipinski definition) is 3. The topological polar surface area (TPSA) is 62.6 Å². The molecule has 0 saturated carbocycles. The van der Waals surface area contributed by atoms with Crippen LogP contribution in [0.5, 0.6) is 0 Å². The number of furan rings is 1. The number of rotatable bonds is 9. The SMILES string of the molecule is CCCC(=O)N(Cc1ccccc1)[C@H](C(=O)NCc1ccco1)c1ccccc1. The van der Waals surface area contributed by atoms with Gasteiger partial charge in [-0.2, -0.15) is 0 Å². The van der Waals surface area contributed by atoms with Crippen molar-refractivity contribution in [1.29, 1.82) is 0 Å². The summed E-state index contributed by atoms with van der Waals surface area (Å²) in [5.41, 5.74) is 1.77. The third-order valence-corrected chi connectivity index (χ3v) is 4.67. The summed E-state index contributed by atoms with van der Waals surface area (Å²) >= 11 is 0. The minimum Gasteiger partial charge on any atom is -0.467 e. The second kappa shape index (κ2) is 10.3. The fourth-order valence-electron chi connectivity index (χ4n) is 3.25. The smallest absolute Gasteiger partial charge is 0.247 e. The van der Waals surface area contributed by atoms with E-state index in [1.807, 2.05) is 73.7 Å². The van der Waals surface area contributed by atoms with Crippen molar-refractivity contribution < 1.29 is 14.0 Å². The van der Waals surface area contributed by atoms with Gasteiger partial charge in [0.1, 0.15) is 11.8 Å². The molecule has 0 aliphatic carbocycles. The van der Waals surface area contributed by atoms with Crippen LogP contribution in [0.25, 0.3) is 0 Å². The van der Waals surface area contributed by atoms with Gasteiger partial charge in [-0.3, -0.25) is 9.59 Å². The van der Waals surface area contributed by atoms with Crippen molar-refractivity contribution in [2.75, 3.05) is 0 Å². The highest BCUT2D eigenvalue weighted by atomic mass is 16.3. The van der Waals surface area contributed by atoms with E-state index < -0.39 is 6.04 Å². The zero-order valence-corrected chi connectivity index (χ0v) is 16.6.